The highest BCUT2D eigenvalue weighted by atomic mass is 35.5. The van der Waals surface area contributed by atoms with Crippen molar-refractivity contribution < 1.29 is 9.53 Å². The summed E-state index contributed by atoms with van der Waals surface area (Å²) in [4.78, 5) is 12.0. The molecule has 0 radical (unpaired) electrons. The average Bonchev–Trinajstić information content (AvgIpc) is 2.49. The van der Waals surface area contributed by atoms with Crippen LogP contribution in [0.3, 0.4) is 0 Å². The molecule has 0 saturated heterocycles. The zero-order valence-electron chi connectivity index (χ0n) is 12.9. The Morgan fingerprint density at radius 1 is 1.23 bits per heavy atom. The highest BCUT2D eigenvalue weighted by molar-refractivity contribution is 6.32. The highest BCUT2D eigenvalue weighted by Gasteiger charge is 2.07. The molecule has 0 aromatic heterocycles. The van der Waals surface area contributed by atoms with Gasteiger partial charge in [-0.2, -0.15) is 0 Å². The number of amides is 1. The van der Waals surface area contributed by atoms with E-state index < -0.39 is 0 Å². The number of rotatable bonds is 5. The lowest BCUT2D eigenvalue weighted by molar-refractivity contribution is -0.114. The number of anilines is 2. The van der Waals surface area contributed by atoms with Gasteiger partial charge >= 0.3 is 0 Å². The molecular formula is C17H19ClN2O2. The van der Waals surface area contributed by atoms with Gasteiger partial charge in [0.15, 0.2) is 0 Å². The lowest BCUT2D eigenvalue weighted by atomic mass is 10.1. The summed E-state index contributed by atoms with van der Waals surface area (Å²) in [6.45, 7) is 4.26. The second kappa shape index (κ2) is 7.18. The fourth-order valence-corrected chi connectivity index (χ4v) is 2.33. The molecule has 5 heteroatoms. The van der Waals surface area contributed by atoms with Crippen LogP contribution in [0.4, 0.5) is 11.4 Å². The molecule has 4 nitrogen and oxygen atoms in total. The Kier molecular flexibility index (Phi) is 5.28. The molecule has 0 fully saturated rings. The smallest absolute Gasteiger partial charge is 0.243 e. The molecule has 0 aliphatic heterocycles. The minimum absolute atomic E-state index is 0.137. The van der Waals surface area contributed by atoms with Gasteiger partial charge in [-0.25, -0.2) is 0 Å². The maximum Gasteiger partial charge on any atom is 0.243 e. The van der Waals surface area contributed by atoms with E-state index in [0.717, 1.165) is 11.3 Å². The van der Waals surface area contributed by atoms with E-state index in [-0.39, 0.29) is 12.5 Å². The number of hydrogen-bond acceptors (Lipinski definition) is 3. The molecule has 0 unspecified atom stereocenters. The molecule has 0 aliphatic rings. The third-order valence-corrected chi connectivity index (χ3v) is 3.77. The summed E-state index contributed by atoms with van der Waals surface area (Å²) in [7, 11) is 1.55. The Bertz CT molecular complexity index is 686. The molecular weight excluding hydrogens is 300 g/mol. The monoisotopic (exact) mass is 318 g/mol. The van der Waals surface area contributed by atoms with Gasteiger partial charge in [-0.3, -0.25) is 4.79 Å². The summed E-state index contributed by atoms with van der Waals surface area (Å²) in [5.74, 6) is 0.440. The number of carbonyl (C=O) groups excluding carboxylic acids is 1. The first-order valence-corrected chi connectivity index (χ1v) is 7.32. The predicted octanol–water partition coefficient (Wildman–Crippen LogP) is 4.02. The maximum absolute atomic E-state index is 12.0. The van der Waals surface area contributed by atoms with Gasteiger partial charge in [0.25, 0.3) is 0 Å². The van der Waals surface area contributed by atoms with Crippen LogP contribution >= 0.6 is 11.6 Å². The SMILES string of the molecule is COc1ccc(NC(=O)CNc2cccc(C)c2C)cc1Cl. The molecule has 116 valence electrons. The number of methoxy groups -OCH3 is 1. The summed E-state index contributed by atoms with van der Waals surface area (Å²) in [5, 5.41) is 6.40. The number of carbonyl (C=O) groups is 1. The number of halogens is 1. The standard InChI is InChI=1S/C17H19ClN2O2/c1-11-5-4-6-15(12(11)2)19-10-17(21)20-13-7-8-16(22-3)14(18)9-13/h4-9,19H,10H2,1-3H3,(H,20,21). The number of aryl methyl sites for hydroxylation is 1. The fourth-order valence-electron chi connectivity index (χ4n) is 2.07. The van der Waals surface area contributed by atoms with Crippen LogP contribution in [-0.2, 0) is 4.79 Å². The number of hydrogen-bond donors (Lipinski definition) is 2. The third kappa shape index (κ3) is 3.92. The second-order valence-electron chi connectivity index (χ2n) is 5.00. The van der Waals surface area contributed by atoms with Crippen LogP contribution in [0.1, 0.15) is 11.1 Å². The number of ether oxygens (including phenoxy) is 1. The van der Waals surface area contributed by atoms with Crippen LogP contribution < -0.4 is 15.4 Å². The number of nitrogens with one attached hydrogen (secondary N) is 2. The van der Waals surface area contributed by atoms with Gasteiger partial charge in [-0.05, 0) is 49.2 Å². The van der Waals surface area contributed by atoms with E-state index >= 15 is 0 Å². The van der Waals surface area contributed by atoms with Crippen molar-refractivity contribution in [3.05, 3.63) is 52.5 Å². The largest absolute Gasteiger partial charge is 0.495 e. The molecule has 0 aliphatic carbocycles. The van der Waals surface area contributed by atoms with Crippen LogP contribution in [0.15, 0.2) is 36.4 Å². The molecule has 2 aromatic carbocycles. The molecule has 0 heterocycles. The Labute approximate surface area is 135 Å². The van der Waals surface area contributed by atoms with Gasteiger partial charge in [0.1, 0.15) is 5.75 Å². The minimum Gasteiger partial charge on any atom is -0.495 e. The molecule has 0 saturated carbocycles. The maximum atomic E-state index is 12.0. The first kappa shape index (κ1) is 16.2. The van der Waals surface area contributed by atoms with E-state index in [1.54, 1.807) is 25.3 Å². The molecule has 0 spiro atoms. The molecule has 0 bridgehead atoms. The van der Waals surface area contributed by atoms with Crippen molar-refractivity contribution in [1.29, 1.82) is 0 Å². The topological polar surface area (TPSA) is 50.4 Å². The van der Waals surface area contributed by atoms with E-state index in [1.165, 1.54) is 5.56 Å². The molecule has 1 amide bonds. The summed E-state index contributed by atoms with van der Waals surface area (Å²) in [6.07, 6.45) is 0. The van der Waals surface area contributed by atoms with Crippen LogP contribution in [0.25, 0.3) is 0 Å². The van der Waals surface area contributed by atoms with E-state index in [9.17, 15) is 4.79 Å². The Morgan fingerprint density at radius 2 is 2.00 bits per heavy atom. The van der Waals surface area contributed by atoms with Crippen molar-refractivity contribution in [2.45, 2.75) is 13.8 Å². The summed E-state index contributed by atoms with van der Waals surface area (Å²) in [5.41, 5.74) is 3.93. The Balaban J connectivity index is 1.96. The van der Waals surface area contributed by atoms with Crippen molar-refractivity contribution in [1.82, 2.24) is 0 Å². The fraction of sp³-hybridized carbons (Fsp3) is 0.235. The normalized spacial score (nSPS) is 10.2. The van der Waals surface area contributed by atoms with Crippen LogP contribution in [-0.4, -0.2) is 19.6 Å². The minimum atomic E-state index is -0.137. The predicted molar refractivity (Wildman–Crippen MR) is 91.0 cm³/mol. The van der Waals surface area contributed by atoms with Gasteiger partial charge in [0.2, 0.25) is 5.91 Å². The van der Waals surface area contributed by atoms with Gasteiger partial charge in [-0.1, -0.05) is 23.7 Å². The summed E-state index contributed by atoms with van der Waals surface area (Å²) >= 11 is 6.03. The van der Waals surface area contributed by atoms with Crippen molar-refractivity contribution in [3.63, 3.8) is 0 Å². The number of benzene rings is 2. The van der Waals surface area contributed by atoms with Crippen LogP contribution in [0.5, 0.6) is 5.75 Å². The molecule has 0 atom stereocenters. The van der Waals surface area contributed by atoms with Gasteiger partial charge < -0.3 is 15.4 Å². The highest BCUT2D eigenvalue weighted by Crippen LogP contribution is 2.27. The summed E-state index contributed by atoms with van der Waals surface area (Å²) in [6, 6.07) is 11.1. The zero-order chi connectivity index (χ0) is 16.1. The lowest BCUT2D eigenvalue weighted by Crippen LogP contribution is -2.22. The molecule has 2 rings (SSSR count). The third-order valence-electron chi connectivity index (χ3n) is 3.48. The van der Waals surface area contributed by atoms with Crippen molar-refractivity contribution in [2.24, 2.45) is 0 Å². The quantitative estimate of drug-likeness (QED) is 0.875. The second-order valence-corrected chi connectivity index (χ2v) is 5.41. The van der Waals surface area contributed by atoms with Crippen LogP contribution in [0.2, 0.25) is 5.02 Å². The molecule has 2 N–H and O–H groups in total. The van der Waals surface area contributed by atoms with Gasteiger partial charge in [0, 0.05) is 11.4 Å². The lowest BCUT2D eigenvalue weighted by Gasteiger charge is -2.12. The first-order valence-electron chi connectivity index (χ1n) is 6.94. The molecule has 22 heavy (non-hydrogen) atoms. The Morgan fingerprint density at radius 3 is 2.68 bits per heavy atom. The Hall–Kier alpha value is -2.20. The first-order chi connectivity index (χ1) is 10.5. The van der Waals surface area contributed by atoms with E-state index in [4.69, 9.17) is 16.3 Å². The molecule has 2 aromatic rings. The van der Waals surface area contributed by atoms with Crippen molar-refractivity contribution in [2.75, 3.05) is 24.3 Å². The zero-order valence-corrected chi connectivity index (χ0v) is 13.6. The summed E-state index contributed by atoms with van der Waals surface area (Å²) < 4.78 is 5.08. The van der Waals surface area contributed by atoms with Crippen LogP contribution in [0, 0.1) is 13.8 Å². The van der Waals surface area contributed by atoms with Crippen molar-refractivity contribution >= 4 is 28.9 Å². The van der Waals surface area contributed by atoms with E-state index in [0.29, 0.717) is 16.5 Å². The average molecular weight is 319 g/mol. The van der Waals surface area contributed by atoms with Crippen molar-refractivity contribution in [3.8, 4) is 5.75 Å². The van der Waals surface area contributed by atoms with E-state index in [2.05, 4.69) is 10.6 Å². The van der Waals surface area contributed by atoms with E-state index in [1.807, 2.05) is 32.0 Å². The van der Waals surface area contributed by atoms with Gasteiger partial charge in [-0.15, -0.1) is 0 Å². The van der Waals surface area contributed by atoms with Gasteiger partial charge in [0.05, 0.1) is 18.7 Å².